The van der Waals surface area contributed by atoms with E-state index in [2.05, 4.69) is 22.3 Å². The van der Waals surface area contributed by atoms with Crippen molar-refractivity contribution in [3.8, 4) is 0 Å². The third-order valence-electron chi connectivity index (χ3n) is 6.76. The van der Waals surface area contributed by atoms with Gasteiger partial charge < -0.3 is 10.4 Å². The van der Waals surface area contributed by atoms with Crippen LogP contribution in [0.15, 0.2) is 12.1 Å². The molecule has 6 heteroatoms. The third-order valence-corrected chi connectivity index (χ3v) is 6.76. The molecule has 158 valence electrons. The van der Waals surface area contributed by atoms with E-state index < -0.39 is 5.97 Å². The Morgan fingerprint density at radius 3 is 2.62 bits per heavy atom. The summed E-state index contributed by atoms with van der Waals surface area (Å²) < 4.78 is 0. The zero-order valence-electron chi connectivity index (χ0n) is 17.2. The molecule has 1 saturated heterocycles. The van der Waals surface area contributed by atoms with Crippen molar-refractivity contribution in [2.45, 2.75) is 70.3 Å². The highest BCUT2D eigenvalue weighted by molar-refractivity contribution is 5.79. The number of carbonyl (C=O) groups is 2. The van der Waals surface area contributed by atoms with Crippen LogP contribution in [0.4, 0.5) is 0 Å². The summed E-state index contributed by atoms with van der Waals surface area (Å²) >= 11 is 0. The first kappa shape index (κ1) is 20.3. The highest BCUT2D eigenvalue weighted by Crippen LogP contribution is 2.37. The molecular formula is C23H33N3O3. The Kier molecular flexibility index (Phi) is 6.48. The second-order valence-corrected chi connectivity index (χ2v) is 8.94. The summed E-state index contributed by atoms with van der Waals surface area (Å²) in [5, 5.41) is 12.6. The summed E-state index contributed by atoms with van der Waals surface area (Å²) in [7, 11) is 0. The number of aromatic nitrogens is 1. The molecule has 3 aliphatic rings. The number of nitrogens with one attached hydrogen (secondary N) is 1. The lowest BCUT2D eigenvalue weighted by Crippen LogP contribution is -2.49. The van der Waals surface area contributed by atoms with E-state index in [0.29, 0.717) is 25.6 Å². The number of rotatable bonds is 8. The first-order chi connectivity index (χ1) is 14.1. The number of amides is 1. The Morgan fingerprint density at radius 2 is 1.90 bits per heavy atom. The lowest BCUT2D eigenvalue weighted by molar-refractivity contribution is -0.145. The first-order valence-electron chi connectivity index (χ1n) is 11.3. The number of nitrogens with zero attached hydrogens (tertiary/aromatic N) is 2. The molecule has 1 aliphatic heterocycles. The van der Waals surface area contributed by atoms with Crippen LogP contribution in [0, 0.1) is 11.8 Å². The van der Waals surface area contributed by atoms with Crippen LogP contribution in [-0.2, 0) is 28.9 Å². The summed E-state index contributed by atoms with van der Waals surface area (Å²) in [6.45, 7) is 2.10. The molecule has 1 saturated carbocycles. The van der Waals surface area contributed by atoms with Crippen molar-refractivity contribution >= 4 is 11.9 Å². The average molecular weight is 400 g/mol. The number of carboxylic acid groups (broad SMARTS) is 1. The van der Waals surface area contributed by atoms with E-state index in [1.807, 2.05) is 0 Å². The van der Waals surface area contributed by atoms with Gasteiger partial charge in [0.05, 0.1) is 0 Å². The van der Waals surface area contributed by atoms with Crippen LogP contribution < -0.4 is 5.32 Å². The quantitative estimate of drug-likeness (QED) is 0.657. The number of pyridine rings is 1. The van der Waals surface area contributed by atoms with Gasteiger partial charge in [-0.3, -0.25) is 19.5 Å². The van der Waals surface area contributed by atoms with Crippen molar-refractivity contribution in [1.29, 1.82) is 0 Å². The number of aliphatic carboxylic acids is 1. The summed E-state index contributed by atoms with van der Waals surface area (Å²) in [6.07, 6.45) is 10.1. The standard InChI is InChI=1S/C23H33N3O3/c27-22(18-11-14-26(15-12-18)21(23(28)29)17-7-8-17)24-13-3-5-19-10-9-16-4-1-2-6-20(16)25-19/h9-10,17-18,21H,1-8,11-15H2,(H,24,27)(H,28,29). The van der Waals surface area contributed by atoms with E-state index in [4.69, 9.17) is 4.98 Å². The van der Waals surface area contributed by atoms with Crippen molar-refractivity contribution in [3.63, 3.8) is 0 Å². The highest BCUT2D eigenvalue weighted by atomic mass is 16.4. The Balaban J connectivity index is 1.16. The fourth-order valence-electron chi connectivity index (χ4n) is 4.90. The molecule has 2 aliphatic carbocycles. The van der Waals surface area contributed by atoms with E-state index in [-0.39, 0.29) is 17.9 Å². The first-order valence-corrected chi connectivity index (χ1v) is 11.3. The maximum absolute atomic E-state index is 12.5. The van der Waals surface area contributed by atoms with Gasteiger partial charge in [0, 0.05) is 23.9 Å². The van der Waals surface area contributed by atoms with Gasteiger partial charge in [0.25, 0.3) is 0 Å². The molecular weight excluding hydrogens is 366 g/mol. The molecule has 2 N–H and O–H groups in total. The molecule has 1 aromatic rings. The molecule has 1 unspecified atom stereocenters. The van der Waals surface area contributed by atoms with Crippen LogP contribution in [0.3, 0.4) is 0 Å². The zero-order valence-corrected chi connectivity index (χ0v) is 17.2. The fraction of sp³-hybridized carbons (Fsp3) is 0.696. The van der Waals surface area contributed by atoms with Crippen molar-refractivity contribution in [2.24, 2.45) is 11.8 Å². The Labute approximate surface area is 173 Å². The molecule has 0 spiro atoms. The van der Waals surface area contributed by atoms with Gasteiger partial charge in [-0.2, -0.15) is 0 Å². The molecule has 2 heterocycles. The van der Waals surface area contributed by atoms with Gasteiger partial charge in [-0.1, -0.05) is 6.07 Å². The second kappa shape index (κ2) is 9.24. The molecule has 0 bridgehead atoms. The SMILES string of the molecule is O=C(NCCCc1ccc2c(n1)CCCC2)C1CCN(C(C(=O)O)C2CC2)CC1. The number of carbonyl (C=O) groups excluding carboxylic acids is 1. The van der Waals surface area contributed by atoms with E-state index in [9.17, 15) is 14.7 Å². The van der Waals surface area contributed by atoms with Gasteiger partial charge in [0.2, 0.25) is 5.91 Å². The number of hydrogen-bond acceptors (Lipinski definition) is 4. The van der Waals surface area contributed by atoms with E-state index in [1.54, 1.807) is 0 Å². The molecule has 1 atom stereocenters. The normalized spacial score (nSPS) is 21.4. The molecule has 1 aromatic heterocycles. The number of hydrogen-bond donors (Lipinski definition) is 2. The number of aryl methyl sites for hydroxylation is 3. The van der Waals surface area contributed by atoms with Crippen molar-refractivity contribution in [2.75, 3.05) is 19.6 Å². The number of fused-ring (bicyclic) bond motifs is 1. The molecule has 29 heavy (non-hydrogen) atoms. The molecule has 4 rings (SSSR count). The maximum atomic E-state index is 12.5. The monoisotopic (exact) mass is 399 g/mol. The maximum Gasteiger partial charge on any atom is 0.321 e. The summed E-state index contributed by atoms with van der Waals surface area (Å²) in [5.74, 6) is -0.246. The number of likely N-dealkylation sites (tertiary alicyclic amines) is 1. The summed E-state index contributed by atoms with van der Waals surface area (Å²) in [5.41, 5.74) is 3.81. The minimum atomic E-state index is -0.703. The minimum Gasteiger partial charge on any atom is -0.480 e. The summed E-state index contributed by atoms with van der Waals surface area (Å²) in [6, 6.07) is 4.03. The Bertz CT molecular complexity index is 739. The largest absolute Gasteiger partial charge is 0.480 e. The molecule has 1 amide bonds. The van der Waals surface area contributed by atoms with Crippen LogP contribution in [0.25, 0.3) is 0 Å². The van der Waals surface area contributed by atoms with Crippen LogP contribution in [0.5, 0.6) is 0 Å². The lowest BCUT2D eigenvalue weighted by Gasteiger charge is -2.35. The smallest absolute Gasteiger partial charge is 0.321 e. The van der Waals surface area contributed by atoms with Crippen molar-refractivity contribution in [3.05, 3.63) is 29.1 Å². The molecule has 0 aromatic carbocycles. The van der Waals surface area contributed by atoms with Crippen molar-refractivity contribution < 1.29 is 14.7 Å². The van der Waals surface area contributed by atoms with E-state index in [0.717, 1.165) is 57.1 Å². The summed E-state index contributed by atoms with van der Waals surface area (Å²) in [4.78, 5) is 30.9. The Morgan fingerprint density at radius 1 is 1.14 bits per heavy atom. The average Bonchev–Trinajstić information content (AvgIpc) is 3.56. The van der Waals surface area contributed by atoms with Gasteiger partial charge in [0.1, 0.15) is 6.04 Å². The van der Waals surface area contributed by atoms with Crippen LogP contribution >= 0.6 is 0 Å². The van der Waals surface area contributed by atoms with E-state index >= 15 is 0 Å². The van der Waals surface area contributed by atoms with Crippen molar-refractivity contribution in [1.82, 2.24) is 15.2 Å². The van der Waals surface area contributed by atoms with Gasteiger partial charge in [-0.15, -0.1) is 0 Å². The van der Waals surface area contributed by atoms with Crippen LogP contribution in [-0.4, -0.2) is 52.5 Å². The van der Waals surface area contributed by atoms with Gasteiger partial charge >= 0.3 is 5.97 Å². The topological polar surface area (TPSA) is 82.5 Å². The molecule has 6 nitrogen and oxygen atoms in total. The lowest BCUT2D eigenvalue weighted by atomic mass is 9.94. The minimum absolute atomic E-state index is 0.0155. The van der Waals surface area contributed by atoms with Gasteiger partial charge in [0.15, 0.2) is 0 Å². The van der Waals surface area contributed by atoms with E-state index in [1.165, 1.54) is 24.1 Å². The molecule has 0 radical (unpaired) electrons. The number of carboxylic acids is 1. The van der Waals surface area contributed by atoms with Gasteiger partial charge in [-0.25, -0.2) is 0 Å². The van der Waals surface area contributed by atoms with Gasteiger partial charge in [-0.05, 0) is 94.8 Å². The predicted octanol–water partition coefficient (Wildman–Crippen LogP) is 2.58. The number of piperidine rings is 1. The zero-order chi connectivity index (χ0) is 20.2. The fourth-order valence-corrected chi connectivity index (χ4v) is 4.90. The van der Waals surface area contributed by atoms with Crippen LogP contribution in [0.2, 0.25) is 0 Å². The predicted molar refractivity (Wildman–Crippen MR) is 111 cm³/mol. The second-order valence-electron chi connectivity index (χ2n) is 8.94. The third kappa shape index (κ3) is 5.16. The van der Waals surface area contributed by atoms with Crippen LogP contribution in [0.1, 0.15) is 61.9 Å². The highest BCUT2D eigenvalue weighted by Gasteiger charge is 2.41. The Hall–Kier alpha value is -1.95. The molecule has 2 fully saturated rings.